The van der Waals surface area contributed by atoms with Crippen LogP contribution in [0.2, 0.25) is 0 Å². The Morgan fingerprint density at radius 1 is 0.667 bits per heavy atom. The number of hydrogen-bond donors (Lipinski definition) is 2. The van der Waals surface area contributed by atoms with Gasteiger partial charge in [0.05, 0.1) is 0 Å². The van der Waals surface area contributed by atoms with E-state index >= 15 is 0 Å². The lowest BCUT2D eigenvalue weighted by Crippen LogP contribution is -2.68. The van der Waals surface area contributed by atoms with Gasteiger partial charge in [0.1, 0.15) is 0 Å². The van der Waals surface area contributed by atoms with E-state index in [1.54, 1.807) is 0 Å². The van der Waals surface area contributed by atoms with Crippen LogP contribution in [-0.2, 0) is 9.69 Å². The van der Waals surface area contributed by atoms with Crippen LogP contribution in [0, 0.1) is 0 Å². The highest BCUT2D eigenvalue weighted by Gasteiger charge is 2.87. The van der Waals surface area contributed by atoms with Crippen LogP contribution in [0.15, 0.2) is 0 Å². The van der Waals surface area contributed by atoms with Crippen LogP contribution < -0.4 is 0 Å². The third-order valence-corrected chi connectivity index (χ3v) is 1.46. The fourth-order valence-electron chi connectivity index (χ4n) is 0.739. The minimum absolute atomic E-state index is 2.21. The molecule has 0 aliphatic rings. The summed E-state index contributed by atoms with van der Waals surface area (Å²) in [4.78, 5) is 4.75. The van der Waals surface area contributed by atoms with Gasteiger partial charge in [0.15, 0.2) is 0 Å². The highest BCUT2D eigenvalue weighted by atomic mass is 19.4. The third kappa shape index (κ3) is 2.99. The minimum Gasteiger partial charge on any atom is -0.400 e. The molecule has 0 aromatic rings. The first-order chi connectivity index (χ1) is 7.67. The van der Waals surface area contributed by atoms with Crippen LogP contribution in [-0.4, -0.2) is 41.5 Å². The SMILES string of the molecule is OB(O)OOC(C(F)(F)F)(C(F)(F)F)C(F)(F)F. The second-order valence-electron chi connectivity index (χ2n) is 2.68. The molecule has 2 N–H and O–H groups in total. The molecule has 0 unspecified atom stereocenters. The van der Waals surface area contributed by atoms with E-state index in [0.717, 1.165) is 0 Å². The van der Waals surface area contributed by atoms with Crippen molar-refractivity contribution < 1.29 is 59.3 Å². The average molecular weight is 296 g/mol. The van der Waals surface area contributed by atoms with Crippen molar-refractivity contribution in [2.24, 2.45) is 0 Å². The van der Waals surface area contributed by atoms with E-state index in [9.17, 15) is 39.5 Å². The van der Waals surface area contributed by atoms with E-state index in [1.165, 1.54) is 0 Å². The molecule has 4 nitrogen and oxygen atoms in total. The van der Waals surface area contributed by atoms with Crippen molar-refractivity contribution in [3.8, 4) is 0 Å². The van der Waals surface area contributed by atoms with Crippen molar-refractivity contribution in [3.05, 3.63) is 0 Å². The fraction of sp³-hybridized carbons (Fsp3) is 1.00. The Balaban J connectivity index is 5.76. The summed E-state index contributed by atoms with van der Waals surface area (Å²) in [5.74, 6) is 0. The number of halogens is 9. The van der Waals surface area contributed by atoms with Gasteiger partial charge in [0.2, 0.25) is 0 Å². The van der Waals surface area contributed by atoms with Crippen LogP contribution in [0.4, 0.5) is 39.5 Å². The molecular formula is C4H2BF9O4. The van der Waals surface area contributed by atoms with Crippen LogP contribution in [0.1, 0.15) is 0 Å². The zero-order chi connectivity index (χ0) is 15.0. The Hall–Kier alpha value is -0.725. The van der Waals surface area contributed by atoms with Gasteiger partial charge in [-0.2, -0.15) is 39.5 Å². The minimum atomic E-state index is -7.00. The maximum absolute atomic E-state index is 12.0. The molecule has 14 heteroatoms. The van der Waals surface area contributed by atoms with Gasteiger partial charge in [0, 0.05) is 0 Å². The maximum atomic E-state index is 12.0. The first-order valence-electron chi connectivity index (χ1n) is 3.57. The summed E-state index contributed by atoms with van der Waals surface area (Å²) in [6, 6.07) is 0. The second kappa shape index (κ2) is 4.75. The molecule has 0 fully saturated rings. The number of rotatable bonds is 3. The molecule has 0 heterocycles. The Kier molecular flexibility index (Phi) is 4.56. The largest absolute Gasteiger partial charge is 0.662 e. The molecule has 0 saturated heterocycles. The molecule has 0 aromatic heterocycles. The van der Waals surface area contributed by atoms with Crippen molar-refractivity contribution in [1.82, 2.24) is 0 Å². The van der Waals surface area contributed by atoms with Gasteiger partial charge in [-0.25, -0.2) is 9.69 Å². The summed E-state index contributed by atoms with van der Waals surface area (Å²) < 4.78 is 108. The average Bonchev–Trinajstić information content (AvgIpc) is 1.94. The van der Waals surface area contributed by atoms with E-state index in [4.69, 9.17) is 10.0 Å². The van der Waals surface area contributed by atoms with Gasteiger partial charge in [-0.05, 0) is 0 Å². The summed E-state index contributed by atoms with van der Waals surface area (Å²) >= 11 is 0. The van der Waals surface area contributed by atoms with Gasteiger partial charge < -0.3 is 10.0 Å². The molecule has 0 rings (SSSR count). The molecular weight excluding hydrogens is 294 g/mol. The van der Waals surface area contributed by atoms with Crippen molar-refractivity contribution in [3.63, 3.8) is 0 Å². The monoisotopic (exact) mass is 296 g/mol. The standard InChI is InChI=1S/C4H2BF9O4/c6-2(7,8)1(3(9,10)11,4(12,13)14)17-18-5(15)16/h15-16H. The lowest BCUT2D eigenvalue weighted by atomic mass is 10.0. The smallest absolute Gasteiger partial charge is 0.400 e. The van der Waals surface area contributed by atoms with Crippen molar-refractivity contribution >= 4 is 7.32 Å². The first-order valence-corrected chi connectivity index (χ1v) is 3.57. The molecule has 0 amide bonds. The Morgan fingerprint density at radius 2 is 0.944 bits per heavy atom. The molecule has 0 aliphatic heterocycles. The Morgan fingerprint density at radius 3 is 1.11 bits per heavy atom. The fourth-order valence-corrected chi connectivity index (χ4v) is 0.739. The van der Waals surface area contributed by atoms with Gasteiger partial charge in [-0.15, -0.1) is 0 Å². The Bertz CT molecular complexity index is 244. The lowest BCUT2D eigenvalue weighted by Gasteiger charge is -2.36. The number of alkyl halides is 9. The quantitative estimate of drug-likeness (QED) is 0.357. The van der Waals surface area contributed by atoms with Crippen molar-refractivity contribution in [2.75, 3.05) is 0 Å². The number of hydrogen-bond acceptors (Lipinski definition) is 4. The Labute approximate surface area is 92.0 Å². The van der Waals surface area contributed by atoms with Crippen LogP contribution >= 0.6 is 0 Å². The molecule has 0 saturated carbocycles. The summed E-state index contributed by atoms with van der Waals surface area (Å²) in [6.45, 7) is 0. The molecule has 0 spiro atoms. The summed E-state index contributed by atoms with van der Waals surface area (Å²) in [7, 11) is -3.43. The van der Waals surface area contributed by atoms with E-state index in [0.29, 0.717) is 0 Å². The summed E-state index contributed by atoms with van der Waals surface area (Å²) in [6.07, 6.45) is -21.0. The second-order valence-corrected chi connectivity index (χ2v) is 2.68. The molecule has 0 aromatic carbocycles. The van der Waals surface area contributed by atoms with Crippen molar-refractivity contribution in [2.45, 2.75) is 24.1 Å². The predicted octanol–water partition coefficient (Wildman–Crippen LogP) is 1.33. The lowest BCUT2D eigenvalue weighted by molar-refractivity contribution is -0.518. The highest BCUT2D eigenvalue weighted by molar-refractivity contribution is 6.32. The topological polar surface area (TPSA) is 58.9 Å². The van der Waals surface area contributed by atoms with Crippen LogP contribution in [0.5, 0.6) is 0 Å². The molecule has 0 radical (unpaired) electrons. The summed E-state index contributed by atoms with van der Waals surface area (Å²) in [5.41, 5.74) is -6.70. The van der Waals surface area contributed by atoms with Gasteiger partial charge >= 0.3 is 31.5 Å². The third-order valence-electron chi connectivity index (χ3n) is 1.46. The van der Waals surface area contributed by atoms with E-state index < -0.39 is 31.5 Å². The zero-order valence-electron chi connectivity index (χ0n) is 7.69. The molecule has 0 bridgehead atoms. The highest BCUT2D eigenvalue weighted by Crippen LogP contribution is 2.54. The van der Waals surface area contributed by atoms with E-state index in [1.807, 2.05) is 0 Å². The van der Waals surface area contributed by atoms with E-state index in [-0.39, 0.29) is 0 Å². The van der Waals surface area contributed by atoms with Crippen LogP contribution in [0.25, 0.3) is 0 Å². The van der Waals surface area contributed by atoms with Crippen LogP contribution in [0.3, 0.4) is 0 Å². The zero-order valence-corrected chi connectivity index (χ0v) is 7.69. The normalized spacial score (nSPS) is 14.8. The maximum Gasteiger partial charge on any atom is 0.662 e. The molecule has 108 valence electrons. The van der Waals surface area contributed by atoms with E-state index in [2.05, 4.69) is 9.69 Å². The molecule has 0 atom stereocenters. The van der Waals surface area contributed by atoms with Crippen molar-refractivity contribution in [1.29, 1.82) is 0 Å². The predicted molar refractivity (Wildman–Crippen MR) is 33.3 cm³/mol. The molecule has 18 heavy (non-hydrogen) atoms. The van der Waals surface area contributed by atoms with Gasteiger partial charge in [-0.3, -0.25) is 0 Å². The van der Waals surface area contributed by atoms with Gasteiger partial charge in [0.25, 0.3) is 0 Å². The first kappa shape index (κ1) is 17.3. The molecule has 0 aliphatic carbocycles. The van der Waals surface area contributed by atoms with Gasteiger partial charge in [-0.1, -0.05) is 0 Å². The summed E-state index contributed by atoms with van der Waals surface area (Å²) in [5, 5.41) is 15.6.